The van der Waals surface area contributed by atoms with Crippen LogP contribution in [0.25, 0.3) is 5.57 Å². The molecular formula is C10H10K2N2O4S3. The van der Waals surface area contributed by atoms with E-state index in [0.717, 1.165) is 26.8 Å². The van der Waals surface area contributed by atoms with Crippen molar-refractivity contribution in [3.8, 4) is 0 Å². The molecule has 0 aliphatic heterocycles. The maximum absolute atomic E-state index is 11.9. The molecule has 0 N–H and O–H groups in total. The molecule has 0 unspecified atom stereocenters. The average molecular weight is 397 g/mol. The molecule has 0 radical (unpaired) electrons. The Morgan fingerprint density at radius 3 is 2.19 bits per heavy atom. The van der Waals surface area contributed by atoms with Gasteiger partial charge in [-0.25, -0.2) is 0 Å². The van der Waals surface area contributed by atoms with Crippen LogP contribution < -0.4 is 113 Å². The first-order valence-corrected chi connectivity index (χ1v) is 8.28. The summed E-state index contributed by atoms with van der Waals surface area (Å²) >= 11 is 4.57. The Morgan fingerprint density at radius 1 is 1.19 bits per heavy atom. The van der Waals surface area contributed by atoms with Crippen molar-refractivity contribution in [3.63, 3.8) is 0 Å². The van der Waals surface area contributed by atoms with Crippen LogP contribution in [0.15, 0.2) is 4.24 Å². The summed E-state index contributed by atoms with van der Waals surface area (Å²) in [4.78, 5) is 21.2. The van der Waals surface area contributed by atoms with E-state index in [0.29, 0.717) is 6.42 Å². The molecular weight excluding hydrogens is 387 g/mol. The Labute approximate surface area is 220 Å². The molecule has 0 spiro atoms. The second-order valence-electron chi connectivity index (χ2n) is 3.29. The molecule has 0 saturated carbocycles. The molecule has 6 nitrogen and oxygen atoms in total. The van der Waals surface area contributed by atoms with Gasteiger partial charge in [-0.15, -0.1) is 28.6 Å². The number of Topliss-reactive ketones (excluding diaryl/α,β-unsaturated/α-hetero) is 1. The molecule has 1 aromatic rings. The first-order chi connectivity index (χ1) is 9.01. The van der Waals surface area contributed by atoms with Crippen LogP contribution in [-0.2, 0) is 11.2 Å². The summed E-state index contributed by atoms with van der Waals surface area (Å²) in [6, 6.07) is 0. The summed E-state index contributed by atoms with van der Waals surface area (Å²) in [5, 5.41) is 20.7. The van der Waals surface area contributed by atoms with Crippen LogP contribution in [-0.4, -0.2) is 34.0 Å². The number of nitrogens with zero attached hydrogens (tertiary/aromatic N) is 2. The van der Waals surface area contributed by atoms with Gasteiger partial charge < -0.3 is 15.0 Å². The molecule has 11 heteroatoms. The Kier molecular flexibility index (Phi) is 16.4. The van der Waals surface area contributed by atoms with Crippen LogP contribution in [0.4, 0.5) is 4.79 Å². The quantitative estimate of drug-likeness (QED) is 0.359. The van der Waals surface area contributed by atoms with E-state index < -0.39 is 6.16 Å². The molecule has 0 fully saturated rings. The SMILES string of the molecule is CSC(SC)=C1C(=O)CCc2nnsc21.O=C([O-])[O-].[K+].[K+]. The summed E-state index contributed by atoms with van der Waals surface area (Å²) in [5.41, 5.74) is 1.82. The summed E-state index contributed by atoms with van der Waals surface area (Å²) in [5.74, 6) is 0.229. The van der Waals surface area contributed by atoms with Crippen LogP contribution in [0, 0.1) is 0 Å². The predicted molar refractivity (Wildman–Crippen MR) is 72.6 cm³/mol. The van der Waals surface area contributed by atoms with Crippen molar-refractivity contribution in [2.75, 3.05) is 12.5 Å². The van der Waals surface area contributed by atoms with E-state index in [4.69, 9.17) is 15.0 Å². The van der Waals surface area contributed by atoms with Crippen molar-refractivity contribution in [2.24, 2.45) is 0 Å². The number of carbonyl (C=O) groups excluding carboxylic acids is 2. The second-order valence-corrected chi connectivity index (χ2v) is 5.94. The van der Waals surface area contributed by atoms with Gasteiger partial charge in [-0.2, -0.15) is 0 Å². The minimum atomic E-state index is -2.33. The number of thioether (sulfide) groups is 2. The van der Waals surface area contributed by atoms with Gasteiger partial charge in [-0.3, -0.25) is 4.79 Å². The molecule has 1 aliphatic rings. The number of hydrogen-bond acceptors (Lipinski definition) is 9. The van der Waals surface area contributed by atoms with E-state index in [9.17, 15) is 4.79 Å². The van der Waals surface area contributed by atoms with Crippen LogP contribution in [0.2, 0.25) is 0 Å². The van der Waals surface area contributed by atoms with Gasteiger partial charge in [0.05, 0.1) is 20.4 Å². The summed E-state index contributed by atoms with van der Waals surface area (Å²) in [6.45, 7) is 0. The zero-order valence-corrected chi connectivity index (χ0v) is 20.9. The van der Waals surface area contributed by atoms with Gasteiger partial charge in [0.2, 0.25) is 0 Å². The fraction of sp³-hybridized carbons (Fsp3) is 0.400. The number of allylic oxidation sites excluding steroid dienone is 1. The first-order valence-electron chi connectivity index (χ1n) is 5.06. The van der Waals surface area contributed by atoms with Gasteiger partial charge in [0.1, 0.15) is 0 Å². The van der Waals surface area contributed by atoms with Gasteiger partial charge in [0.15, 0.2) is 5.78 Å². The maximum Gasteiger partial charge on any atom is 1.00 e. The van der Waals surface area contributed by atoms with Gasteiger partial charge >= 0.3 is 103 Å². The van der Waals surface area contributed by atoms with Crippen molar-refractivity contribution in [1.29, 1.82) is 0 Å². The number of aryl methyl sites for hydroxylation is 1. The minimum absolute atomic E-state index is 0. The third-order valence-electron chi connectivity index (χ3n) is 2.23. The molecule has 0 saturated heterocycles. The van der Waals surface area contributed by atoms with E-state index in [1.807, 2.05) is 12.5 Å². The fourth-order valence-electron chi connectivity index (χ4n) is 1.54. The van der Waals surface area contributed by atoms with E-state index in [2.05, 4.69) is 9.59 Å². The summed E-state index contributed by atoms with van der Waals surface area (Å²) in [7, 11) is 0. The largest absolute Gasteiger partial charge is 1.00 e. The van der Waals surface area contributed by atoms with E-state index in [1.54, 1.807) is 23.5 Å². The minimum Gasteiger partial charge on any atom is -0.652 e. The normalized spacial score (nSPS) is 12.1. The number of ketones is 1. The topological polar surface area (TPSA) is 106 Å². The number of carbonyl (C=O) groups is 2. The number of aromatic nitrogens is 2. The van der Waals surface area contributed by atoms with E-state index >= 15 is 0 Å². The zero-order chi connectivity index (χ0) is 14.4. The molecule has 0 amide bonds. The molecule has 0 atom stereocenters. The molecule has 1 aliphatic carbocycles. The smallest absolute Gasteiger partial charge is 0.652 e. The van der Waals surface area contributed by atoms with Crippen LogP contribution in [0.3, 0.4) is 0 Å². The molecule has 1 heterocycles. The van der Waals surface area contributed by atoms with Crippen LogP contribution in [0.5, 0.6) is 0 Å². The fourth-order valence-corrected chi connectivity index (χ4v) is 3.95. The summed E-state index contributed by atoms with van der Waals surface area (Å²) in [6.07, 6.45) is 2.96. The molecule has 0 bridgehead atoms. The Balaban J connectivity index is 0. The number of fused-ring (bicyclic) bond motifs is 1. The summed E-state index contributed by atoms with van der Waals surface area (Å²) < 4.78 is 5.00. The number of carboxylic acid groups (broad SMARTS) is 2. The number of hydrogen-bond donors (Lipinski definition) is 0. The first kappa shape index (κ1) is 25.5. The molecule has 21 heavy (non-hydrogen) atoms. The maximum atomic E-state index is 11.9. The predicted octanol–water partition coefficient (Wildman–Crippen LogP) is -5.99. The second kappa shape index (κ2) is 13.5. The van der Waals surface area contributed by atoms with Crippen LogP contribution in [0.1, 0.15) is 17.0 Å². The van der Waals surface area contributed by atoms with Gasteiger partial charge in [0.25, 0.3) is 0 Å². The molecule has 0 aromatic carbocycles. The van der Waals surface area contributed by atoms with Crippen molar-refractivity contribution in [1.82, 2.24) is 9.59 Å². The van der Waals surface area contributed by atoms with E-state index in [-0.39, 0.29) is 109 Å². The monoisotopic (exact) mass is 396 g/mol. The van der Waals surface area contributed by atoms with Gasteiger partial charge in [-0.1, -0.05) is 4.49 Å². The van der Waals surface area contributed by atoms with Crippen molar-refractivity contribution in [2.45, 2.75) is 12.8 Å². The van der Waals surface area contributed by atoms with E-state index in [1.165, 1.54) is 11.5 Å². The Morgan fingerprint density at radius 2 is 1.71 bits per heavy atom. The zero-order valence-electron chi connectivity index (χ0n) is 12.2. The third-order valence-corrected chi connectivity index (χ3v) is 5.16. The average Bonchev–Trinajstić information content (AvgIpc) is 2.80. The number of rotatable bonds is 2. The Bertz CT molecular complexity index is 512. The Hall–Kier alpha value is 2.21. The van der Waals surface area contributed by atoms with Crippen LogP contribution >= 0.6 is 35.1 Å². The van der Waals surface area contributed by atoms with Crippen molar-refractivity contribution >= 4 is 52.6 Å². The van der Waals surface area contributed by atoms with Gasteiger partial charge in [0, 0.05) is 12.8 Å². The van der Waals surface area contributed by atoms with Crippen molar-refractivity contribution < 1.29 is 123 Å². The molecule has 1 aromatic heterocycles. The molecule has 104 valence electrons. The molecule has 2 rings (SSSR count). The van der Waals surface area contributed by atoms with Gasteiger partial charge in [-0.05, 0) is 30.2 Å². The standard InChI is InChI=1S/C9H10N2OS3.CH2O3.2K/c1-13-9(14-2)7-6(12)4-3-5-8(7)15-11-10-5;2-1(3)4;;/h3-4H2,1-2H3;(H2,2,3,4);;/q;;2*+1/p-2. The third kappa shape index (κ3) is 8.23. The van der Waals surface area contributed by atoms with Crippen molar-refractivity contribution in [3.05, 3.63) is 14.8 Å².